The number of carboxylic acids is 1. The van der Waals surface area contributed by atoms with E-state index in [-0.39, 0.29) is 17.4 Å². The van der Waals surface area contributed by atoms with Gasteiger partial charge in [0.1, 0.15) is 0 Å². The minimum absolute atomic E-state index is 0.272. The van der Waals surface area contributed by atoms with Gasteiger partial charge in [-0.1, -0.05) is 18.2 Å². The molecule has 45 heavy (non-hydrogen) atoms. The zero-order chi connectivity index (χ0) is 33.1. The predicted octanol–water partition coefficient (Wildman–Crippen LogP) is 6.36. The van der Waals surface area contributed by atoms with Crippen LogP contribution in [0.5, 0.6) is 0 Å². The number of para-hydroxylation sites is 1. The fourth-order valence-electron chi connectivity index (χ4n) is 6.25. The predicted molar refractivity (Wildman–Crippen MR) is 174 cm³/mol. The zero-order valence-electron chi connectivity index (χ0n) is 26.4. The van der Waals surface area contributed by atoms with Crippen molar-refractivity contribution in [2.24, 2.45) is 0 Å². The van der Waals surface area contributed by atoms with Crippen LogP contribution in [0.1, 0.15) is 57.6 Å². The van der Waals surface area contributed by atoms with Crippen molar-refractivity contribution >= 4 is 63.7 Å². The molecule has 2 bridgehead atoms. The van der Waals surface area contributed by atoms with Crippen molar-refractivity contribution in [1.29, 1.82) is 0 Å². The van der Waals surface area contributed by atoms with Crippen LogP contribution in [-0.4, -0.2) is 34.7 Å². The maximum Gasteiger partial charge on any atom is 0.337 e. The van der Waals surface area contributed by atoms with Gasteiger partial charge in [-0.05, 0) is 101 Å². The van der Waals surface area contributed by atoms with E-state index in [2.05, 4.69) is 23.6 Å². The maximum atomic E-state index is 12.4. The van der Waals surface area contributed by atoms with Gasteiger partial charge in [0.2, 0.25) is 0 Å². The summed E-state index contributed by atoms with van der Waals surface area (Å²) in [6, 6.07) is 9.13. The molecule has 0 radical (unpaired) electrons. The minimum Gasteiger partial charge on any atom is -0.478 e. The first-order valence-electron chi connectivity index (χ1n) is 14.4. The number of aromatic carboxylic acids is 1. The average molecular weight is 607 g/mol. The third kappa shape index (κ3) is 5.08. The zero-order valence-corrected chi connectivity index (χ0v) is 26.4. The normalized spacial score (nSPS) is 15.1. The lowest BCUT2D eigenvalue weighted by atomic mass is 9.99. The molecule has 0 saturated heterocycles. The van der Waals surface area contributed by atoms with Gasteiger partial charge in [-0.3, -0.25) is 19.2 Å². The van der Waals surface area contributed by atoms with Gasteiger partial charge in [-0.2, -0.15) is 0 Å². The minimum atomic E-state index is -0.932. The van der Waals surface area contributed by atoms with Gasteiger partial charge >= 0.3 is 5.97 Å². The summed E-state index contributed by atoms with van der Waals surface area (Å²) in [5.74, 6) is -2.55. The molecule has 0 saturated carbocycles. The highest BCUT2D eigenvalue weighted by Gasteiger charge is 2.37. The van der Waals surface area contributed by atoms with Crippen LogP contribution in [0.25, 0.3) is 0 Å². The molecule has 6 rings (SSSR count). The van der Waals surface area contributed by atoms with Crippen molar-refractivity contribution in [1.82, 2.24) is 0 Å². The molecule has 3 aromatic rings. The molecule has 230 valence electrons. The molecule has 3 N–H and O–H groups in total. The van der Waals surface area contributed by atoms with E-state index in [0.717, 1.165) is 54.7 Å². The monoisotopic (exact) mass is 606 g/mol. The molecular formula is C35H34N4O6. The second kappa shape index (κ2) is 11.2. The number of carboxylic acid groups (broad SMARTS) is 1. The van der Waals surface area contributed by atoms with Crippen LogP contribution in [0.15, 0.2) is 53.6 Å². The van der Waals surface area contributed by atoms with E-state index >= 15 is 0 Å². The highest BCUT2D eigenvalue weighted by Crippen LogP contribution is 2.42. The van der Waals surface area contributed by atoms with Crippen LogP contribution >= 0.6 is 0 Å². The van der Waals surface area contributed by atoms with E-state index in [1.807, 2.05) is 19.9 Å². The molecule has 0 spiro atoms. The third-order valence-electron chi connectivity index (χ3n) is 8.32. The second-order valence-corrected chi connectivity index (χ2v) is 11.6. The molecule has 3 heterocycles. The summed E-state index contributed by atoms with van der Waals surface area (Å²) in [5, 5.41) is 16.0. The Kier molecular flexibility index (Phi) is 7.70. The summed E-state index contributed by atoms with van der Waals surface area (Å²) in [6.45, 7) is 14.6. The number of aryl methyl sites for hydroxylation is 4. The molecule has 10 heteroatoms. The number of benzene rings is 3. The number of nitrogens with one attached hydrogen (secondary N) is 2. The largest absolute Gasteiger partial charge is 0.478 e. The lowest BCUT2D eigenvalue weighted by Gasteiger charge is -2.26. The second-order valence-electron chi connectivity index (χ2n) is 11.6. The molecular weight excluding hydrogens is 572 g/mol. The molecule has 0 fully saturated rings. The summed E-state index contributed by atoms with van der Waals surface area (Å²) in [4.78, 5) is 62.9. The lowest BCUT2D eigenvalue weighted by molar-refractivity contribution is -0.121. The van der Waals surface area contributed by atoms with Crippen molar-refractivity contribution in [3.8, 4) is 0 Å². The van der Waals surface area contributed by atoms with Crippen LogP contribution < -0.4 is 20.4 Å². The van der Waals surface area contributed by atoms with Gasteiger partial charge < -0.3 is 15.7 Å². The standard InChI is InChI=1S/C19H18N2O4.C16H16N2O2/c1-9-6-10(2)17(21-15(23)8-12(4)19(21)25)13(5)16(9)20-14(22)7-11(3)18(20)24;1-8-7-9(2)14-10(3)13(8)17-12-6-4-5-11(16(19)20)15(12)18-14/h6-8H,1-5H3;4-7,17-18H,1-3H3,(H,19,20). The highest BCUT2D eigenvalue weighted by atomic mass is 16.4. The smallest absolute Gasteiger partial charge is 0.337 e. The first-order valence-corrected chi connectivity index (χ1v) is 14.4. The Labute approximate surface area is 261 Å². The summed E-state index contributed by atoms with van der Waals surface area (Å²) in [5.41, 5.74) is 10.6. The lowest BCUT2D eigenvalue weighted by Crippen LogP contribution is -2.35. The van der Waals surface area contributed by atoms with Gasteiger partial charge in [-0.15, -0.1) is 0 Å². The number of carbonyl (C=O) groups is 5. The van der Waals surface area contributed by atoms with Crippen LogP contribution in [0, 0.1) is 41.5 Å². The molecule has 0 unspecified atom stereocenters. The maximum absolute atomic E-state index is 12.4. The molecule has 10 nitrogen and oxygen atoms in total. The Balaban J connectivity index is 0.000000182. The summed E-state index contributed by atoms with van der Waals surface area (Å²) in [7, 11) is 0. The Morgan fingerprint density at radius 2 is 1.09 bits per heavy atom. The van der Waals surface area contributed by atoms with Crippen molar-refractivity contribution < 1.29 is 29.1 Å². The van der Waals surface area contributed by atoms with Crippen LogP contribution in [0.3, 0.4) is 0 Å². The van der Waals surface area contributed by atoms with E-state index in [4.69, 9.17) is 0 Å². The molecule has 0 aromatic heterocycles. The number of rotatable bonds is 3. The van der Waals surface area contributed by atoms with E-state index in [9.17, 15) is 29.1 Å². The summed E-state index contributed by atoms with van der Waals surface area (Å²) >= 11 is 0. The topological polar surface area (TPSA) is 136 Å². The average Bonchev–Trinajstić information content (AvgIpc) is 3.30. The molecule has 4 amide bonds. The first-order chi connectivity index (χ1) is 21.1. The Morgan fingerprint density at radius 1 is 0.622 bits per heavy atom. The van der Waals surface area contributed by atoms with E-state index in [0.29, 0.717) is 33.8 Å². The highest BCUT2D eigenvalue weighted by molar-refractivity contribution is 6.33. The number of fused-ring (bicyclic) bond motifs is 3. The Morgan fingerprint density at radius 3 is 1.53 bits per heavy atom. The van der Waals surface area contributed by atoms with Crippen molar-refractivity contribution in [2.75, 3.05) is 20.4 Å². The number of imide groups is 2. The Bertz CT molecular complexity index is 1880. The van der Waals surface area contributed by atoms with Gasteiger partial charge in [0.25, 0.3) is 23.6 Å². The van der Waals surface area contributed by atoms with Crippen LogP contribution in [0.4, 0.5) is 34.1 Å². The first kappa shape index (κ1) is 30.9. The molecule has 3 aromatic carbocycles. The van der Waals surface area contributed by atoms with Crippen molar-refractivity contribution in [3.63, 3.8) is 0 Å². The fraction of sp³-hybridized carbons (Fsp3) is 0.229. The SMILES string of the molecule is CC1=CC(=O)N(c2c(C)cc(C)c(N3C(=O)C=C(C)C3=O)c2C)C1=O.Cc1cc(C)c2c(C)c1Nc1cccc(C(=O)O)c1N2. The summed E-state index contributed by atoms with van der Waals surface area (Å²) < 4.78 is 0. The number of amides is 4. The quantitative estimate of drug-likeness (QED) is 0.229. The van der Waals surface area contributed by atoms with Crippen LogP contribution in [-0.2, 0) is 19.2 Å². The molecule has 0 atom stereocenters. The molecule has 0 aliphatic carbocycles. The Hall–Kier alpha value is -5.51. The number of carbonyl (C=O) groups excluding carboxylic acids is 4. The number of nitrogens with zero attached hydrogens (tertiary/aromatic N) is 2. The van der Waals surface area contributed by atoms with Crippen LogP contribution in [0.2, 0.25) is 0 Å². The van der Waals surface area contributed by atoms with Gasteiger partial charge in [0, 0.05) is 34.7 Å². The van der Waals surface area contributed by atoms with E-state index in [1.54, 1.807) is 52.8 Å². The molecule has 3 aliphatic rings. The summed E-state index contributed by atoms with van der Waals surface area (Å²) in [6.07, 6.45) is 2.58. The molecule has 3 aliphatic heterocycles. The number of anilines is 6. The van der Waals surface area contributed by atoms with Crippen molar-refractivity contribution in [3.05, 3.63) is 92.6 Å². The van der Waals surface area contributed by atoms with Gasteiger partial charge in [0.15, 0.2) is 0 Å². The fourth-order valence-corrected chi connectivity index (χ4v) is 6.25. The number of hydrogen-bond acceptors (Lipinski definition) is 7. The van der Waals surface area contributed by atoms with Crippen molar-refractivity contribution in [2.45, 2.75) is 55.4 Å². The van der Waals surface area contributed by atoms with Gasteiger partial charge in [-0.25, -0.2) is 14.6 Å². The van der Waals surface area contributed by atoms with Gasteiger partial charge in [0.05, 0.1) is 28.3 Å². The van der Waals surface area contributed by atoms with E-state index in [1.165, 1.54) is 12.2 Å². The third-order valence-corrected chi connectivity index (χ3v) is 8.32. The number of hydrogen-bond donors (Lipinski definition) is 3. The van der Waals surface area contributed by atoms with E-state index < -0.39 is 17.8 Å².